The Morgan fingerprint density at radius 1 is 1.17 bits per heavy atom. The molecule has 0 aliphatic rings. The molecule has 0 saturated heterocycles. The van der Waals surface area contributed by atoms with E-state index in [0.717, 1.165) is 13.7 Å². The predicted octanol–water partition coefficient (Wildman–Crippen LogP) is 3.60. The highest BCUT2D eigenvalue weighted by molar-refractivity contribution is 14.1. The minimum absolute atomic E-state index is 1.03. The molecule has 3 heteroatoms. The molecule has 0 aliphatic heterocycles. The molecule has 1 heterocycles. The van der Waals surface area contributed by atoms with Crippen LogP contribution in [0.25, 0.3) is 10.9 Å². The molecule has 1 aromatic heterocycles. The smallest absolute Gasteiger partial charge is 0.102 e. The quantitative estimate of drug-likeness (QED) is 0.530. The summed E-state index contributed by atoms with van der Waals surface area (Å²) >= 11 is 5.63. The van der Waals surface area contributed by atoms with Crippen LogP contribution in [0.3, 0.4) is 0 Å². The van der Waals surface area contributed by atoms with Crippen LogP contribution in [0.1, 0.15) is 0 Å². The third-order valence-corrected chi connectivity index (χ3v) is 2.71. The molecule has 2 rings (SSSR count). The van der Waals surface area contributed by atoms with Crippen molar-refractivity contribution in [2.24, 2.45) is 0 Å². The lowest BCUT2D eigenvalue weighted by atomic mass is 10.2. The van der Waals surface area contributed by atoms with Crippen molar-refractivity contribution in [3.8, 4) is 0 Å². The zero-order chi connectivity index (χ0) is 8.55. The standard InChI is InChI=1S/C9H5BrIN/c10-7-2-3-8-6(5-7)1-4-9(11)12-8/h1-5H. The summed E-state index contributed by atoms with van der Waals surface area (Å²) < 4.78 is 2.13. The van der Waals surface area contributed by atoms with Gasteiger partial charge in [0.15, 0.2) is 0 Å². The zero-order valence-corrected chi connectivity index (χ0v) is 9.83. The molecule has 2 aromatic rings. The van der Waals surface area contributed by atoms with Gasteiger partial charge in [-0.25, -0.2) is 4.98 Å². The molecule has 1 aromatic carbocycles. The minimum atomic E-state index is 1.03. The molecule has 0 unspecified atom stereocenters. The van der Waals surface area contributed by atoms with Crippen molar-refractivity contribution in [2.75, 3.05) is 0 Å². The molecule has 0 saturated carbocycles. The van der Waals surface area contributed by atoms with E-state index in [1.807, 2.05) is 18.2 Å². The van der Waals surface area contributed by atoms with Crippen LogP contribution in [0.5, 0.6) is 0 Å². The Kier molecular flexibility index (Phi) is 2.32. The van der Waals surface area contributed by atoms with Crippen LogP contribution in [-0.2, 0) is 0 Å². The SMILES string of the molecule is Brc1ccc2nc(I)ccc2c1. The molecule has 0 bridgehead atoms. The maximum atomic E-state index is 4.38. The summed E-state index contributed by atoms with van der Waals surface area (Å²) in [5, 5.41) is 1.17. The Balaban J connectivity index is 2.79. The second kappa shape index (κ2) is 3.30. The summed E-state index contributed by atoms with van der Waals surface area (Å²) in [6.07, 6.45) is 0. The van der Waals surface area contributed by atoms with Gasteiger partial charge in [-0.3, -0.25) is 0 Å². The Labute approximate surface area is 92.5 Å². The van der Waals surface area contributed by atoms with Crippen molar-refractivity contribution in [3.63, 3.8) is 0 Å². The highest BCUT2D eigenvalue weighted by Gasteiger charge is 1.95. The summed E-state index contributed by atoms with van der Waals surface area (Å²) in [7, 11) is 0. The average molecular weight is 334 g/mol. The summed E-state index contributed by atoms with van der Waals surface area (Å²) in [6, 6.07) is 10.2. The lowest BCUT2D eigenvalue weighted by Gasteiger charge is -1.97. The molecule has 0 amide bonds. The second-order valence-corrected chi connectivity index (χ2v) is 4.49. The lowest BCUT2D eigenvalue weighted by Crippen LogP contribution is -1.81. The Morgan fingerprint density at radius 3 is 2.83 bits per heavy atom. The molecule has 0 fully saturated rings. The van der Waals surface area contributed by atoms with E-state index >= 15 is 0 Å². The van der Waals surface area contributed by atoms with E-state index in [1.54, 1.807) is 0 Å². The van der Waals surface area contributed by atoms with E-state index in [0.29, 0.717) is 0 Å². The zero-order valence-electron chi connectivity index (χ0n) is 6.09. The van der Waals surface area contributed by atoms with Crippen LogP contribution >= 0.6 is 38.5 Å². The first-order valence-electron chi connectivity index (χ1n) is 3.47. The van der Waals surface area contributed by atoms with Crippen LogP contribution in [0, 0.1) is 3.70 Å². The van der Waals surface area contributed by atoms with Crippen molar-refractivity contribution < 1.29 is 0 Å². The van der Waals surface area contributed by atoms with Crippen LogP contribution in [-0.4, -0.2) is 4.98 Å². The van der Waals surface area contributed by atoms with Crippen LogP contribution in [0.4, 0.5) is 0 Å². The highest BCUT2D eigenvalue weighted by Crippen LogP contribution is 2.18. The van der Waals surface area contributed by atoms with Crippen molar-refractivity contribution >= 4 is 49.4 Å². The van der Waals surface area contributed by atoms with Gasteiger partial charge in [0.25, 0.3) is 0 Å². The van der Waals surface area contributed by atoms with Crippen molar-refractivity contribution in [3.05, 3.63) is 38.5 Å². The van der Waals surface area contributed by atoms with Crippen LogP contribution in [0.15, 0.2) is 34.8 Å². The van der Waals surface area contributed by atoms with Gasteiger partial charge in [-0.1, -0.05) is 22.0 Å². The van der Waals surface area contributed by atoms with Gasteiger partial charge in [0, 0.05) is 9.86 Å². The Bertz CT molecular complexity index is 387. The minimum Gasteiger partial charge on any atom is -0.242 e. The van der Waals surface area contributed by atoms with E-state index in [9.17, 15) is 0 Å². The van der Waals surface area contributed by atoms with Gasteiger partial charge in [0.1, 0.15) is 3.70 Å². The maximum Gasteiger partial charge on any atom is 0.102 e. The van der Waals surface area contributed by atoms with Gasteiger partial charge >= 0.3 is 0 Å². The normalized spacial score (nSPS) is 10.5. The number of rotatable bonds is 0. The number of benzene rings is 1. The first-order chi connectivity index (χ1) is 5.75. The van der Waals surface area contributed by atoms with E-state index in [2.05, 4.69) is 55.6 Å². The molecule has 0 N–H and O–H groups in total. The average Bonchev–Trinajstić information content (AvgIpc) is 2.05. The van der Waals surface area contributed by atoms with E-state index in [4.69, 9.17) is 0 Å². The predicted molar refractivity (Wildman–Crippen MR) is 62.2 cm³/mol. The van der Waals surface area contributed by atoms with Crippen molar-refractivity contribution in [1.29, 1.82) is 0 Å². The van der Waals surface area contributed by atoms with Crippen LogP contribution < -0.4 is 0 Å². The number of nitrogens with zero attached hydrogens (tertiary/aromatic N) is 1. The summed E-state index contributed by atoms with van der Waals surface area (Å²) in [5.74, 6) is 0. The van der Waals surface area contributed by atoms with Gasteiger partial charge < -0.3 is 0 Å². The highest BCUT2D eigenvalue weighted by atomic mass is 127. The Morgan fingerprint density at radius 2 is 2.00 bits per heavy atom. The number of hydrogen-bond acceptors (Lipinski definition) is 1. The molecular formula is C9H5BrIN. The van der Waals surface area contributed by atoms with Gasteiger partial charge in [0.2, 0.25) is 0 Å². The third kappa shape index (κ3) is 1.61. The van der Waals surface area contributed by atoms with E-state index in [-0.39, 0.29) is 0 Å². The summed E-state index contributed by atoms with van der Waals surface area (Å²) in [6.45, 7) is 0. The largest absolute Gasteiger partial charge is 0.242 e. The molecule has 12 heavy (non-hydrogen) atoms. The third-order valence-electron chi connectivity index (χ3n) is 1.62. The molecule has 1 nitrogen and oxygen atoms in total. The summed E-state index contributed by atoms with van der Waals surface area (Å²) in [5.41, 5.74) is 1.05. The number of halogens is 2. The fourth-order valence-electron chi connectivity index (χ4n) is 1.07. The maximum absolute atomic E-state index is 4.38. The molecule has 0 radical (unpaired) electrons. The lowest BCUT2D eigenvalue weighted by molar-refractivity contribution is 1.35. The number of pyridine rings is 1. The number of fused-ring (bicyclic) bond motifs is 1. The summed E-state index contributed by atoms with van der Waals surface area (Å²) in [4.78, 5) is 4.38. The fourth-order valence-corrected chi connectivity index (χ4v) is 1.89. The first-order valence-corrected chi connectivity index (χ1v) is 5.35. The topological polar surface area (TPSA) is 12.9 Å². The van der Waals surface area contributed by atoms with Crippen LogP contribution in [0.2, 0.25) is 0 Å². The molecule has 0 atom stereocenters. The fraction of sp³-hybridized carbons (Fsp3) is 0. The van der Waals surface area contributed by atoms with Gasteiger partial charge in [-0.15, -0.1) is 0 Å². The molecule has 0 aliphatic carbocycles. The molecule has 0 spiro atoms. The van der Waals surface area contributed by atoms with Crippen molar-refractivity contribution in [2.45, 2.75) is 0 Å². The first kappa shape index (κ1) is 8.44. The molecular weight excluding hydrogens is 329 g/mol. The van der Waals surface area contributed by atoms with Gasteiger partial charge in [-0.05, 0) is 46.9 Å². The Hall–Kier alpha value is -0.160. The second-order valence-electron chi connectivity index (χ2n) is 2.47. The van der Waals surface area contributed by atoms with Crippen molar-refractivity contribution in [1.82, 2.24) is 4.98 Å². The number of hydrogen-bond donors (Lipinski definition) is 0. The van der Waals surface area contributed by atoms with Gasteiger partial charge in [-0.2, -0.15) is 0 Å². The molecule has 60 valence electrons. The number of aromatic nitrogens is 1. The monoisotopic (exact) mass is 333 g/mol. The van der Waals surface area contributed by atoms with E-state index < -0.39 is 0 Å². The van der Waals surface area contributed by atoms with E-state index in [1.165, 1.54) is 5.39 Å². The van der Waals surface area contributed by atoms with Gasteiger partial charge in [0.05, 0.1) is 5.52 Å².